The molecule has 0 bridgehead atoms. The molecule has 3 heterocycles. The number of thiol groups is 1. The Morgan fingerprint density at radius 2 is 1.82 bits per heavy atom. The highest BCUT2D eigenvalue weighted by Crippen LogP contribution is 2.67. The Hall–Kier alpha value is -3.14. The zero-order valence-electron chi connectivity index (χ0n) is 24.4. The van der Waals surface area contributed by atoms with E-state index < -0.39 is 38.1 Å². The van der Waals surface area contributed by atoms with Gasteiger partial charge in [-0.25, -0.2) is 23.7 Å². The van der Waals surface area contributed by atoms with Gasteiger partial charge in [-0.15, -0.1) is 23.0 Å². The third-order valence-corrected chi connectivity index (χ3v) is 12.7. The summed E-state index contributed by atoms with van der Waals surface area (Å²) in [5, 5.41) is 14.5. The first-order valence-electron chi connectivity index (χ1n) is 14.2. The maximum absolute atomic E-state index is 16.1. The topological polar surface area (TPSA) is 86.2 Å². The summed E-state index contributed by atoms with van der Waals surface area (Å²) in [5.74, 6) is 1.57. The van der Waals surface area contributed by atoms with Gasteiger partial charge >= 0.3 is 6.18 Å². The quantitative estimate of drug-likeness (QED) is 0.0609. The number of hydrogen-bond donors (Lipinski definition) is 4. The van der Waals surface area contributed by atoms with E-state index in [1.807, 2.05) is 13.8 Å². The first kappa shape index (κ1) is 31.8. The molecule has 4 aromatic rings. The van der Waals surface area contributed by atoms with Crippen molar-refractivity contribution < 1.29 is 27.2 Å². The number of anilines is 3. The van der Waals surface area contributed by atoms with Crippen molar-refractivity contribution in [3.63, 3.8) is 0 Å². The predicted molar refractivity (Wildman–Crippen MR) is 173 cm³/mol. The molecule has 2 aromatic heterocycles. The largest absolute Gasteiger partial charge is 0.418 e. The minimum atomic E-state index is -4.97. The van der Waals surface area contributed by atoms with E-state index in [4.69, 9.17) is 21.6 Å². The minimum absolute atomic E-state index is 0.0275. The predicted octanol–water partition coefficient (Wildman–Crippen LogP) is 8.62. The number of para-hydroxylation sites is 1. The van der Waals surface area contributed by atoms with Gasteiger partial charge in [0.25, 0.3) is 0 Å². The molecule has 3 atom stereocenters. The monoisotopic (exact) mass is 682 g/mol. The normalized spacial score (nSPS) is 24.4. The average Bonchev–Trinajstić information content (AvgIpc) is 3.30. The second kappa shape index (κ2) is 11.9. The summed E-state index contributed by atoms with van der Waals surface area (Å²) in [4.78, 5) is 14.5. The van der Waals surface area contributed by atoms with Crippen LogP contribution < -0.4 is 15.9 Å². The highest BCUT2D eigenvalue weighted by Gasteiger charge is 2.58. The molecule has 6 rings (SSSR count). The lowest BCUT2D eigenvalue weighted by molar-refractivity contribution is -0.137. The van der Waals surface area contributed by atoms with Crippen LogP contribution in [0.15, 0.2) is 48.7 Å². The Morgan fingerprint density at radius 1 is 1.11 bits per heavy atom. The van der Waals surface area contributed by atoms with Crippen LogP contribution in [0, 0.1) is 23.5 Å². The number of hydrazine groups is 1. The van der Waals surface area contributed by atoms with Crippen LogP contribution in [-0.4, -0.2) is 44.0 Å². The van der Waals surface area contributed by atoms with Crippen LogP contribution in [0.25, 0.3) is 21.8 Å². The number of fused-ring (bicyclic) bond motifs is 1. The molecule has 2 aliphatic rings. The zero-order chi connectivity index (χ0) is 32.3. The molecule has 1 saturated carbocycles. The lowest BCUT2D eigenvalue weighted by Gasteiger charge is -2.26. The lowest BCUT2D eigenvalue weighted by Crippen LogP contribution is -2.29. The number of hydrogen-bond acceptors (Lipinski definition) is 9. The van der Waals surface area contributed by atoms with E-state index in [2.05, 4.69) is 22.0 Å². The molecule has 0 spiro atoms. The van der Waals surface area contributed by atoms with Gasteiger partial charge in [-0.2, -0.15) is 27.4 Å². The van der Waals surface area contributed by atoms with Crippen LogP contribution in [-0.2, 0) is 6.18 Å². The molecule has 3 unspecified atom stereocenters. The van der Waals surface area contributed by atoms with E-state index in [1.54, 1.807) is 12.3 Å². The number of thiazole rings is 1. The van der Waals surface area contributed by atoms with Crippen LogP contribution in [0.5, 0.6) is 0 Å². The molecule has 2 fully saturated rings. The molecule has 1 aliphatic heterocycles. The summed E-state index contributed by atoms with van der Waals surface area (Å²) >= 11 is 6.19. The van der Waals surface area contributed by atoms with Gasteiger partial charge in [0.05, 0.1) is 32.5 Å². The zero-order valence-corrected chi connectivity index (χ0v) is 27.0. The molecule has 2 aromatic carbocycles. The summed E-state index contributed by atoms with van der Waals surface area (Å²) in [7, 11) is -0.829. The molecule has 1 saturated heterocycles. The van der Waals surface area contributed by atoms with Crippen LogP contribution in [0.1, 0.15) is 36.8 Å². The van der Waals surface area contributed by atoms with Crippen molar-refractivity contribution >= 4 is 49.4 Å². The van der Waals surface area contributed by atoms with Gasteiger partial charge < -0.3 is 5.32 Å². The van der Waals surface area contributed by atoms with Gasteiger partial charge in [-0.1, -0.05) is 26.0 Å². The van der Waals surface area contributed by atoms with E-state index in [0.29, 0.717) is 40.5 Å². The second-order valence-electron chi connectivity index (χ2n) is 11.6. The van der Waals surface area contributed by atoms with Gasteiger partial charge in [-0.3, -0.25) is 10.6 Å². The number of benzene rings is 2. The number of halogens is 5. The van der Waals surface area contributed by atoms with Crippen LogP contribution in [0.3, 0.4) is 0 Å². The standard InChI is InChI=1S/C30H31F5N6OS3/c1-4-15(2)28-38-25(27(44-28)22-11-12-36-29(37-22)39-24-17-13-45(3,43)14-18(17)24)16-7-5-10-21(23(16)32)40-41(42)26-19(30(33,34)35)8-6-9-20(26)31/h5-12,15,17-18,24,40,42-43H,4,13-14H2,1-3H3,(H,36,37,39). The number of nitrogens with one attached hydrogen (secondary N) is 2. The first-order valence-corrected chi connectivity index (χ1v) is 18.5. The Kier molecular flexibility index (Phi) is 8.42. The first-order chi connectivity index (χ1) is 21.3. The van der Waals surface area contributed by atoms with Crippen LogP contribution >= 0.6 is 32.1 Å². The Bertz CT molecular complexity index is 1720. The minimum Gasteiger partial charge on any atom is -0.351 e. The van der Waals surface area contributed by atoms with Crippen molar-refractivity contribution in [1.82, 2.24) is 15.0 Å². The summed E-state index contributed by atoms with van der Waals surface area (Å²) in [6.45, 7) is 4.02. The Balaban J connectivity index is 1.33. The molecule has 240 valence electrons. The van der Waals surface area contributed by atoms with Gasteiger partial charge in [0.15, 0.2) is 11.6 Å². The van der Waals surface area contributed by atoms with Gasteiger partial charge in [-0.05, 0) is 66.3 Å². The van der Waals surface area contributed by atoms with Crippen LogP contribution in [0.2, 0.25) is 0 Å². The van der Waals surface area contributed by atoms with E-state index in [1.165, 1.54) is 29.5 Å². The van der Waals surface area contributed by atoms with Gasteiger partial charge in [0.1, 0.15) is 5.69 Å². The maximum Gasteiger partial charge on any atom is 0.418 e. The van der Waals surface area contributed by atoms with Crippen molar-refractivity contribution in [3.05, 3.63) is 70.9 Å². The number of nitrogens with zero attached hydrogens (tertiary/aromatic N) is 4. The molecule has 0 amide bonds. The molecule has 0 radical (unpaired) electrons. The third-order valence-electron chi connectivity index (χ3n) is 8.28. The average molecular weight is 683 g/mol. The van der Waals surface area contributed by atoms with E-state index >= 15 is 4.39 Å². The van der Waals surface area contributed by atoms with Crippen molar-refractivity contribution in [1.29, 1.82) is 0 Å². The SMILES string of the molecule is CCC(C)c1nc(-c2cccc(NN(O)c3c(F)cccc3C(F)(F)F)c2F)c(-c2ccnc(NC3C4CS(C)(S)CC43)n2)s1. The second-order valence-corrected chi connectivity index (χ2v) is 18.4. The molecular weight excluding hydrogens is 652 g/mol. The smallest absolute Gasteiger partial charge is 0.351 e. The van der Waals surface area contributed by atoms with Crippen LogP contribution in [0.4, 0.5) is 39.3 Å². The fourth-order valence-electron chi connectivity index (χ4n) is 5.72. The molecule has 7 nitrogen and oxygen atoms in total. The van der Waals surface area contributed by atoms with Crippen molar-refractivity contribution in [2.45, 2.75) is 38.4 Å². The molecule has 3 N–H and O–H groups in total. The van der Waals surface area contributed by atoms with E-state index in [-0.39, 0.29) is 28.0 Å². The summed E-state index contributed by atoms with van der Waals surface area (Å²) in [6.07, 6.45) is -0.320. The van der Waals surface area contributed by atoms with Gasteiger partial charge in [0, 0.05) is 23.7 Å². The van der Waals surface area contributed by atoms with E-state index in [9.17, 15) is 22.8 Å². The van der Waals surface area contributed by atoms with Crippen molar-refractivity contribution in [2.24, 2.45) is 11.8 Å². The van der Waals surface area contributed by atoms with Crippen molar-refractivity contribution in [3.8, 4) is 21.8 Å². The molecule has 15 heteroatoms. The Morgan fingerprint density at radius 3 is 2.51 bits per heavy atom. The third kappa shape index (κ3) is 6.31. The Labute approximate surface area is 267 Å². The fraction of sp³-hybridized carbons (Fsp3) is 0.367. The fourth-order valence-corrected chi connectivity index (χ4v) is 10.6. The summed E-state index contributed by atoms with van der Waals surface area (Å²) < 4.78 is 71.3. The number of rotatable bonds is 9. The molecule has 1 aliphatic carbocycles. The highest BCUT2D eigenvalue weighted by molar-refractivity contribution is 8.87. The lowest BCUT2D eigenvalue weighted by atomic mass is 10.1. The summed E-state index contributed by atoms with van der Waals surface area (Å²) in [5.41, 5.74) is -0.00490. The summed E-state index contributed by atoms with van der Waals surface area (Å²) in [6, 6.07) is 8.42. The number of aromatic nitrogens is 3. The highest BCUT2D eigenvalue weighted by atomic mass is 33.1. The maximum atomic E-state index is 16.1. The van der Waals surface area contributed by atoms with Gasteiger partial charge in [0.2, 0.25) is 5.95 Å². The number of alkyl halides is 3. The molecular formula is C30H31F5N6OS3. The van der Waals surface area contributed by atoms with Crippen molar-refractivity contribution in [2.75, 3.05) is 33.7 Å². The van der Waals surface area contributed by atoms with E-state index in [0.717, 1.165) is 35.1 Å². The molecule has 45 heavy (non-hydrogen) atoms.